The van der Waals surface area contributed by atoms with Crippen LogP contribution >= 0.6 is 11.6 Å². The molecule has 0 saturated carbocycles. The topological polar surface area (TPSA) is 41.5 Å². The largest absolute Gasteiger partial charge is 0.271 e. The molecule has 1 amide bonds. The minimum absolute atomic E-state index is 0.228. The van der Waals surface area contributed by atoms with Crippen LogP contribution in [0.3, 0.4) is 0 Å². The minimum Gasteiger partial charge on any atom is -0.267 e. The highest BCUT2D eigenvalue weighted by Crippen LogP contribution is 2.32. The van der Waals surface area contributed by atoms with Crippen molar-refractivity contribution in [3.05, 3.63) is 89.0 Å². The van der Waals surface area contributed by atoms with E-state index in [1.165, 1.54) is 5.56 Å². The van der Waals surface area contributed by atoms with Crippen LogP contribution in [0.5, 0.6) is 0 Å². The molecule has 0 spiro atoms. The third-order valence-electron chi connectivity index (χ3n) is 4.85. The van der Waals surface area contributed by atoms with E-state index in [9.17, 15) is 4.79 Å². The van der Waals surface area contributed by atoms with Gasteiger partial charge in [-0.05, 0) is 52.8 Å². The molecule has 0 fully saturated rings. The van der Waals surface area contributed by atoms with Crippen molar-refractivity contribution in [3.63, 3.8) is 0 Å². The number of carbonyl (C=O) groups is 1. The van der Waals surface area contributed by atoms with E-state index >= 15 is 0 Å². The Balaban J connectivity index is 1.56. The van der Waals surface area contributed by atoms with Gasteiger partial charge in [-0.3, -0.25) is 4.79 Å². The molecule has 0 unspecified atom stereocenters. The number of hydrazone groups is 1. The van der Waals surface area contributed by atoms with Crippen LogP contribution in [-0.4, -0.2) is 12.1 Å². The smallest absolute Gasteiger partial charge is 0.267 e. The summed E-state index contributed by atoms with van der Waals surface area (Å²) in [7, 11) is 0. The first-order valence-electron chi connectivity index (χ1n) is 9.02. The number of amides is 1. The van der Waals surface area contributed by atoms with Gasteiger partial charge in [0.25, 0.3) is 5.91 Å². The van der Waals surface area contributed by atoms with Gasteiger partial charge in [-0.1, -0.05) is 72.3 Å². The van der Waals surface area contributed by atoms with Crippen molar-refractivity contribution in [1.82, 2.24) is 5.43 Å². The van der Waals surface area contributed by atoms with Crippen molar-refractivity contribution in [2.45, 2.75) is 19.3 Å². The quantitative estimate of drug-likeness (QED) is 0.474. The second-order valence-corrected chi connectivity index (χ2v) is 6.95. The zero-order chi connectivity index (χ0) is 18.6. The average molecular weight is 375 g/mol. The highest BCUT2D eigenvalue weighted by Gasteiger charge is 2.14. The number of hydrogen-bond donors (Lipinski definition) is 1. The second-order valence-electron chi connectivity index (χ2n) is 6.58. The van der Waals surface area contributed by atoms with Crippen LogP contribution in [0.1, 0.15) is 34.3 Å². The van der Waals surface area contributed by atoms with Crippen LogP contribution in [0.2, 0.25) is 0 Å². The zero-order valence-electron chi connectivity index (χ0n) is 14.8. The summed E-state index contributed by atoms with van der Waals surface area (Å²) in [6, 6.07) is 21.7. The fourth-order valence-corrected chi connectivity index (χ4v) is 3.81. The fraction of sp³-hybridized carbons (Fsp3) is 0.130. The number of benzene rings is 3. The van der Waals surface area contributed by atoms with Crippen LogP contribution in [0.25, 0.3) is 15.8 Å². The number of nitrogens with one attached hydrogen (secondary N) is 1. The fourth-order valence-electron chi connectivity index (χ4n) is 3.48. The summed E-state index contributed by atoms with van der Waals surface area (Å²) in [6.07, 6.45) is 4.51. The van der Waals surface area contributed by atoms with E-state index in [4.69, 9.17) is 11.6 Å². The first-order valence-corrected chi connectivity index (χ1v) is 9.40. The summed E-state index contributed by atoms with van der Waals surface area (Å²) in [5.41, 5.74) is 6.50. The summed E-state index contributed by atoms with van der Waals surface area (Å²) < 4.78 is 0. The molecule has 134 valence electrons. The van der Waals surface area contributed by atoms with Crippen molar-refractivity contribution in [1.29, 1.82) is 0 Å². The molecule has 4 rings (SSSR count). The van der Waals surface area contributed by atoms with Crippen molar-refractivity contribution in [3.8, 4) is 0 Å². The van der Waals surface area contributed by atoms with Crippen molar-refractivity contribution < 1.29 is 4.79 Å². The molecule has 1 aliphatic carbocycles. The van der Waals surface area contributed by atoms with E-state index in [2.05, 4.69) is 16.6 Å². The summed E-state index contributed by atoms with van der Waals surface area (Å²) in [5, 5.41) is 6.83. The summed E-state index contributed by atoms with van der Waals surface area (Å²) in [6.45, 7) is 0. The second kappa shape index (κ2) is 7.77. The van der Waals surface area contributed by atoms with Crippen LogP contribution in [0, 0.1) is 0 Å². The lowest BCUT2D eigenvalue weighted by Gasteiger charge is -2.06. The van der Waals surface area contributed by atoms with E-state index in [0.717, 1.165) is 41.2 Å². The van der Waals surface area contributed by atoms with E-state index in [1.54, 1.807) is 12.3 Å². The van der Waals surface area contributed by atoms with E-state index in [1.807, 2.05) is 54.6 Å². The Labute approximate surface area is 163 Å². The molecular formula is C23H19ClN2O. The van der Waals surface area contributed by atoms with Crippen molar-refractivity contribution in [2.75, 3.05) is 0 Å². The molecule has 0 aromatic heterocycles. The standard InChI is InChI=1S/C23H19ClN2O/c24-22-18(11-5-9-17-8-2-4-13-20(17)22)15-25-26-23(27)21-14-6-10-16-7-1-3-12-19(16)21/h1-4,6-8,10,12-15H,5,9,11H2,(H,26,27)/b25-15+. The van der Waals surface area contributed by atoms with Crippen molar-refractivity contribution >= 4 is 39.5 Å². The Bertz CT molecular complexity index is 1060. The average Bonchev–Trinajstić information content (AvgIpc) is 2.87. The molecule has 0 heterocycles. The number of nitrogens with zero attached hydrogens (tertiary/aromatic N) is 1. The molecule has 3 nitrogen and oxygen atoms in total. The first kappa shape index (κ1) is 17.5. The Morgan fingerprint density at radius 1 is 0.963 bits per heavy atom. The third-order valence-corrected chi connectivity index (χ3v) is 5.30. The van der Waals surface area contributed by atoms with Gasteiger partial charge in [0.15, 0.2) is 0 Å². The van der Waals surface area contributed by atoms with E-state index < -0.39 is 0 Å². The first-order chi connectivity index (χ1) is 13.2. The van der Waals surface area contributed by atoms with Gasteiger partial charge in [-0.25, -0.2) is 5.43 Å². The number of aryl methyl sites for hydroxylation is 1. The predicted molar refractivity (Wildman–Crippen MR) is 112 cm³/mol. The molecule has 3 aromatic rings. The van der Waals surface area contributed by atoms with Gasteiger partial charge in [-0.15, -0.1) is 0 Å². The summed E-state index contributed by atoms with van der Waals surface area (Å²) >= 11 is 6.60. The van der Waals surface area contributed by atoms with E-state index in [-0.39, 0.29) is 5.91 Å². The van der Waals surface area contributed by atoms with Gasteiger partial charge in [0, 0.05) is 5.56 Å². The Kier molecular flexibility index (Phi) is 5.03. The lowest BCUT2D eigenvalue weighted by molar-refractivity contribution is 0.0957. The van der Waals surface area contributed by atoms with Crippen LogP contribution in [-0.2, 0) is 6.42 Å². The molecule has 1 aliphatic rings. The molecular weight excluding hydrogens is 356 g/mol. The maximum absolute atomic E-state index is 12.6. The van der Waals surface area contributed by atoms with Gasteiger partial charge in [-0.2, -0.15) is 5.10 Å². The normalized spacial score (nSPS) is 14.3. The lowest BCUT2D eigenvalue weighted by atomic mass is 10.0. The Hall–Kier alpha value is -2.91. The van der Waals surface area contributed by atoms with Crippen LogP contribution in [0.15, 0.2) is 77.4 Å². The number of rotatable bonds is 3. The number of hydrogen-bond acceptors (Lipinski definition) is 2. The predicted octanol–water partition coefficient (Wildman–Crippen LogP) is 5.54. The van der Waals surface area contributed by atoms with E-state index in [0.29, 0.717) is 10.6 Å². The van der Waals surface area contributed by atoms with Crippen LogP contribution in [0.4, 0.5) is 0 Å². The maximum Gasteiger partial charge on any atom is 0.271 e. The Morgan fingerprint density at radius 2 is 1.74 bits per heavy atom. The maximum atomic E-state index is 12.6. The third kappa shape index (κ3) is 3.64. The van der Waals surface area contributed by atoms with Crippen molar-refractivity contribution in [2.24, 2.45) is 5.10 Å². The molecule has 3 aromatic carbocycles. The van der Waals surface area contributed by atoms with Gasteiger partial charge in [0.2, 0.25) is 0 Å². The summed E-state index contributed by atoms with van der Waals surface area (Å²) in [5.74, 6) is -0.228. The molecule has 27 heavy (non-hydrogen) atoms. The molecule has 0 radical (unpaired) electrons. The SMILES string of the molecule is O=C(N/N=C/C1=C(Cl)c2ccccc2CCC1)c1cccc2ccccc12. The van der Waals surface area contributed by atoms with Crippen LogP contribution < -0.4 is 5.43 Å². The number of allylic oxidation sites excluding steroid dienone is 1. The Morgan fingerprint density at radius 3 is 2.67 bits per heavy atom. The monoisotopic (exact) mass is 374 g/mol. The highest BCUT2D eigenvalue weighted by molar-refractivity contribution is 6.50. The van der Waals surface area contributed by atoms with Gasteiger partial charge in [0.05, 0.1) is 11.2 Å². The molecule has 0 atom stereocenters. The highest BCUT2D eigenvalue weighted by atomic mass is 35.5. The molecule has 0 bridgehead atoms. The molecule has 0 aliphatic heterocycles. The molecule has 4 heteroatoms. The zero-order valence-corrected chi connectivity index (χ0v) is 15.5. The number of fused-ring (bicyclic) bond motifs is 2. The summed E-state index contributed by atoms with van der Waals surface area (Å²) in [4.78, 5) is 12.6. The lowest BCUT2D eigenvalue weighted by Crippen LogP contribution is -2.18. The van der Waals surface area contributed by atoms with Gasteiger partial charge < -0.3 is 0 Å². The van der Waals surface area contributed by atoms with Gasteiger partial charge >= 0.3 is 0 Å². The number of halogens is 1. The minimum atomic E-state index is -0.228. The molecule has 0 saturated heterocycles. The number of carbonyl (C=O) groups excluding carboxylic acids is 1. The molecule has 1 N–H and O–H groups in total. The van der Waals surface area contributed by atoms with Gasteiger partial charge in [0.1, 0.15) is 0 Å².